The molecule has 1 aromatic heterocycles. The van der Waals surface area contributed by atoms with E-state index < -0.39 is 11.7 Å². The smallest absolute Gasteiger partial charge is 0.338 e. The van der Waals surface area contributed by atoms with Crippen LogP contribution in [0.2, 0.25) is 0 Å². The summed E-state index contributed by atoms with van der Waals surface area (Å²) in [5.41, 5.74) is -0.430. The Hall–Kier alpha value is -1.93. The number of hydrogen-bond donors (Lipinski definition) is 1. The lowest BCUT2D eigenvalue weighted by molar-refractivity contribution is -0.137. The number of alkyl halides is 3. The van der Waals surface area contributed by atoms with E-state index in [9.17, 15) is 13.2 Å². The first-order valence-corrected chi connectivity index (χ1v) is 7.38. The van der Waals surface area contributed by atoms with Gasteiger partial charge in [-0.15, -0.1) is 0 Å². The fourth-order valence-corrected chi connectivity index (χ4v) is 2.56. The quantitative estimate of drug-likeness (QED) is 0.939. The molecule has 23 heavy (non-hydrogen) atoms. The Morgan fingerprint density at radius 3 is 2.96 bits per heavy atom. The summed E-state index contributed by atoms with van der Waals surface area (Å²) in [6, 6.07) is 5.27. The number of halogens is 3. The maximum absolute atomic E-state index is 12.8. The van der Waals surface area contributed by atoms with Gasteiger partial charge in [0.1, 0.15) is 0 Å². The molecule has 1 fully saturated rings. The fraction of sp³-hybridized carbons (Fsp3) is 0.467. The van der Waals surface area contributed by atoms with E-state index in [4.69, 9.17) is 4.52 Å². The van der Waals surface area contributed by atoms with Gasteiger partial charge in [0.05, 0.1) is 12.1 Å². The van der Waals surface area contributed by atoms with Gasteiger partial charge in [0.15, 0.2) is 0 Å². The standard InChI is InChI=1S/C15H17F3N4O/c1-10-8-19-5-6-22(10)9-13-20-14(21-23-13)11-3-2-4-12(7-11)15(16,17)18/h2-4,7,10,19H,5-6,8-9H2,1H3/t10-/m1/s1. The van der Waals surface area contributed by atoms with E-state index in [0.717, 1.165) is 31.8 Å². The molecule has 0 bridgehead atoms. The minimum absolute atomic E-state index is 0.175. The predicted molar refractivity (Wildman–Crippen MR) is 77.5 cm³/mol. The first-order chi connectivity index (χ1) is 10.9. The monoisotopic (exact) mass is 326 g/mol. The van der Waals surface area contributed by atoms with Crippen molar-refractivity contribution in [3.8, 4) is 11.4 Å². The zero-order chi connectivity index (χ0) is 16.4. The van der Waals surface area contributed by atoms with Gasteiger partial charge < -0.3 is 9.84 Å². The molecule has 1 saturated heterocycles. The van der Waals surface area contributed by atoms with Crippen LogP contribution in [0, 0.1) is 0 Å². The van der Waals surface area contributed by atoms with Crippen LogP contribution in [-0.2, 0) is 12.7 Å². The third-order valence-corrected chi connectivity index (χ3v) is 3.89. The largest absolute Gasteiger partial charge is 0.416 e. The molecule has 2 aromatic rings. The van der Waals surface area contributed by atoms with Crippen LogP contribution in [-0.4, -0.2) is 40.7 Å². The number of hydrogen-bond acceptors (Lipinski definition) is 5. The van der Waals surface area contributed by atoms with Crippen LogP contribution < -0.4 is 5.32 Å². The van der Waals surface area contributed by atoms with Crippen LogP contribution in [0.25, 0.3) is 11.4 Å². The first kappa shape index (κ1) is 15.9. The van der Waals surface area contributed by atoms with E-state index in [1.165, 1.54) is 12.1 Å². The molecular weight excluding hydrogens is 309 g/mol. The molecule has 124 valence electrons. The van der Waals surface area contributed by atoms with Crippen LogP contribution in [0.3, 0.4) is 0 Å². The summed E-state index contributed by atoms with van der Waals surface area (Å²) in [4.78, 5) is 6.42. The average molecular weight is 326 g/mol. The van der Waals surface area contributed by atoms with Crippen LogP contribution in [0.15, 0.2) is 28.8 Å². The summed E-state index contributed by atoms with van der Waals surface area (Å²) >= 11 is 0. The lowest BCUT2D eigenvalue weighted by atomic mass is 10.1. The first-order valence-electron chi connectivity index (χ1n) is 7.38. The number of nitrogens with one attached hydrogen (secondary N) is 1. The van der Waals surface area contributed by atoms with Gasteiger partial charge in [-0.05, 0) is 19.1 Å². The van der Waals surface area contributed by atoms with Crippen molar-refractivity contribution < 1.29 is 17.7 Å². The lowest BCUT2D eigenvalue weighted by Gasteiger charge is -2.32. The summed E-state index contributed by atoms with van der Waals surface area (Å²) in [6.07, 6.45) is -4.39. The summed E-state index contributed by atoms with van der Waals surface area (Å²) in [7, 11) is 0. The molecule has 0 aliphatic carbocycles. The van der Waals surface area contributed by atoms with Crippen LogP contribution >= 0.6 is 0 Å². The molecule has 3 rings (SSSR count). The minimum Gasteiger partial charge on any atom is -0.338 e. The lowest BCUT2D eigenvalue weighted by Crippen LogP contribution is -2.49. The Labute approximate surface area is 131 Å². The zero-order valence-electron chi connectivity index (χ0n) is 12.6. The highest BCUT2D eigenvalue weighted by Gasteiger charge is 2.31. The molecule has 0 amide bonds. The summed E-state index contributed by atoms with van der Waals surface area (Å²) in [5, 5.41) is 7.09. The molecule has 0 unspecified atom stereocenters. The Morgan fingerprint density at radius 2 is 2.22 bits per heavy atom. The zero-order valence-corrected chi connectivity index (χ0v) is 12.6. The number of nitrogens with zero attached hydrogens (tertiary/aromatic N) is 3. The van der Waals surface area contributed by atoms with Gasteiger partial charge >= 0.3 is 6.18 Å². The van der Waals surface area contributed by atoms with Gasteiger partial charge in [-0.25, -0.2) is 0 Å². The van der Waals surface area contributed by atoms with Crippen molar-refractivity contribution in [3.05, 3.63) is 35.7 Å². The third kappa shape index (κ3) is 3.70. The summed E-state index contributed by atoms with van der Waals surface area (Å²) in [5.74, 6) is 0.583. The maximum Gasteiger partial charge on any atom is 0.416 e. The van der Waals surface area contributed by atoms with Gasteiger partial charge in [0.25, 0.3) is 0 Å². The average Bonchev–Trinajstić information content (AvgIpc) is 2.98. The molecule has 1 N–H and O–H groups in total. The summed E-state index contributed by atoms with van der Waals surface area (Å²) in [6.45, 7) is 5.22. The molecule has 0 saturated carbocycles. The molecule has 1 aromatic carbocycles. The summed E-state index contributed by atoms with van der Waals surface area (Å²) < 4.78 is 43.5. The van der Waals surface area contributed by atoms with Crippen molar-refractivity contribution in [2.75, 3.05) is 19.6 Å². The van der Waals surface area contributed by atoms with Crippen LogP contribution in [0.4, 0.5) is 13.2 Å². The molecule has 0 spiro atoms. The van der Waals surface area contributed by atoms with Gasteiger partial charge in [-0.1, -0.05) is 17.3 Å². The molecule has 1 aliphatic rings. The van der Waals surface area contributed by atoms with Crippen molar-refractivity contribution in [3.63, 3.8) is 0 Å². The van der Waals surface area contributed by atoms with E-state index >= 15 is 0 Å². The van der Waals surface area contributed by atoms with E-state index in [1.54, 1.807) is 0 Å². The topological polar surface area (TPSA) is 54.2 Å². The normalized spacial score (nSPS) is 19.9. The molecule has 0 radical (unpaired) electrons. The highest BCUT2D eigenvalue weighted by atomic mass is 19.4. The molecule has 5 nitrogen and oxygen atoms in total. The van der Waals surface area contributed by atoms with Crippen molar-refractivity contribution in [2.45, 2.75) is 25.7 Å². The van der Waals surface area contributed by atoms with E-state index in [0.29, 0.717) is 24.0 Å². The number of piperazine rings is 1. The van der Waals surface area contributed by atoms with Crippen LogP contribution in [0.5, 0.6) is 0 Å². The van der Waals surface area contributed by atoms with Crippen molar-refractivity contribution in [1.82, 2.24) is 20.4 Å². The number of rotatable bonds is 3. The van der Waals surface area contributed by atoms with Crippen LogP contribution in [0.1, 0.15) is 18.4 Å². The van der Waals surface area contributed by atoms with Gasteiger partial charge in [-0.2, -0.15) is 18.2 Å². The molecule has 8 heteroatoms. The fourth-order valence-electron chi connectivity index (χ4n) is 2.56. The Balaban J connectivity index is 1.77. The van der Waals surface area contributed by atoms with Crippen molar-refractivity contribution >= 4 is 0 Å². The van der Waals surface area contributed by atoms with E-state index in [1.807, 2.05) is 0 Å². The Morgan fingerprint density at radius 1 is 1.39 bits per heavy atom. The SMILES string of the molecule is C[C@@H]1CNCCN1Cc1nc(-c2cccc(C(F)(F)F)c2)no1. The Bertz CT molecular complexity index is 671. The molecular formula is C15H17F3N4O. The number of aromatic nitrogens is 2. The second-order valence-electron chi connectivity index (χ2n) is 5.61. The highest BCUT2D eigenvalue weighted by Crippen LogP contribution is 2.31. The van der Waals surface area contributed by atoms with E-state index in [2.05, 4.69) is 27.3 Å². The minimum atomic E-state index is -4.39. The highest BCUT2D eigenvalue weighted by molar-refractivity contribution is 5.55. The van der Waals surface area contributed by atoms with E-state index in [-0.39, 0.29) is 5.82 Å². The Kier molecular flexibility index (Phi) is 4.36. The molecule has 1 aliphatic heterocycles. The molecule has 2 heterocycles. The second kappa shape index (κ2) is 6.29. The van der Waals surface area contributed by atoms with Crippen molar-refractivity contribution in [1.29, 1.82) is 0 Å². The van der Waals surface area contributed by atoms with Crippen molar-refractivity contribution in [2.24, 2.45) is 0 Å². The maximum atomic E-state index is 12.8. The van der Waals surface area contributed by atoms with Gasteiger partial charge in [0.2, 0.25) is 11.7 Å². The predicted octanol–water partition coefficient (Wildman–Crippen LogP) is 2.55. The molecule has 1 atom stereocenters. The third-order valence-electron chi connectivity index (χ3n) is 3.89. The number of benzene rings is 1. The van der Waals surface area contributed by atoms with Gasteiger partial charge in [0, 0.05) is 31.2 Å². The second-order valence-corrected chi connectivity index (χ2v) is 5.61. The van der Waals surface area contributed by atoms with Gasteiger partial charge in [-0.3, -0.25) is 4.90 Å².